The molecule has 2 aromatic carbocycles. The number of hydrogen-bond acceptors (Lipinski definition) is 7. The van der Waals surface area contributed by atoms with E-state index < -0.39 is 5.97 Å². The Morgan fingerprint density at radius 1 is 1.21 bits per heavy atom. The molecule has 0 N–H and O–H groups in total. The van der Waals surface area contributed by atoms with Crippen LogP contribution in [0.25, 0.3) is 20.4 Å². The normalized spacial score (nSPS) is 11.9. The molecule has 0 spiro atoms. The first-order valence-corrected chi connectivity index (χ1v) is 10.5. The van der Waals surface area contributed by atoms with Crippen molar-refractivity contribution < 1.29 is 19.1 Å². The van der Waals surface area contributed by atoms with Gasteiger partial charge in [0.15, 0.2) is 4.80 Å². The lowest BCUT2D eigenvalue weighted by molar-refractivity contribution is -0.143. The van der Waals surface area contributed by atoms with Gasteiger partial charge in [0.25, 0.3) is 5.91 Å². The molecule has 0 radical (unpaired) electrons. The van der Waals surface area contributed by atoms with Crippen LogP contribution in [0.3, 0.4) is 0 Å². The first-order chi connectivity index (χ1) is 14.1. The number of rotatable bonds is 5. The average Bonchev–Trinajstić information content (AvgIpc) is 3.32. The molecule has 7 nitrogen and oxygen atoms in total. The maximum atomic E-state index is 12.8. The van der Waals surface area contributed by atoms with E-state index in [1.54, 1.807) is 48.4 Å². The van der Waals surface area contributed by atoms with E-state index in [1.165, 1.54) is 22.7 Å². The number of amides is 1. The Bertz CT molecular complexity index is 1290. The van der Waals surface area contributed by atoms with Crippen molar-refractivity contribution in [2.24, 2.45) is 4.99 Å². The van der Waals surface area contributed by atoms with Gasteiger partial charge in [-0.2, -0.15) is 4.99 Å². The van der Waals surface area contributed by atoms with Gasteiger partial charge in [0, 0.05) is 5.56 Å². The SMILES string of the molecule is CCOC(=O)Cn1c(=NC(=O)c2ccc3ncsc3c2)sc2cccc(OC)c21. The zero-order valence-electron chi connectivity index (χ0n) is 15.7. The standard InChI is InChI=1S/C20H17N3O4S2/c1-3-27-17(24)10-23-18-14(26-2)5-4-6-15(18)29-20(23)22-19(25)12-7-8-13-16(9-12)28-11-21-13/h4-9,11H,3,10H2,1-2H3. The number of hydrogen-bond donors (Lipinski definition) is 0. The number of methoxy groups -OCH3 is 1. The van der Waals surface area contributed by atoms with E-state index in [4.69, 9.17) is 9.47 Å². The highest BCUT2D eigenvalue weighted by molar-refractivity contribution is 7.17. The lowest BCUT2D eigenvalue weighted by Gasteiger charge is -2.08. The van der Waals surface area contributed by atoms with Gasteiger partial charge in [0.05, 0.1) is 34.1 Å². The molecule has 29 heavy (non-hydrogen) atoms. The van der Waals surface area contributed by atoms with Gasteiger partial charge in [-0.15, -0.1) is 11.3 Å². The van der Waals surface area contributed by atoms with Crippen LogP contribution >= 0.6 is 22.7 Å². The fraction of sp³-hybridized carbons (Fsp3) is 0.200. The molecule has 0 bridgehead atoms. The molecule has 0 fully saturated rings. The second-order valence-electron chi connectivity index (χ2n) is 6.03. The van der Waals surface area contributed by atoms with Crippen molar-refractivity contribution in [1.82, 2.24) is 9.55 Å². The van der Waals surface area contributed by atoms with E-state index in [9.17, 15) is 9.59 Å². The summed E-state index contributed by atoms with van der Waals surface area (Å²) in [7, 11) is 1.56. The highest BCUT2D eigenvalue weighted by Gasteiger charge is 2.16. The maximum absolute atomic E-state index is 12.8. The molecule has 9 heteroatoms. The van der Waals surface area contributed by atoms with Gasteiger partial charge in [-0.05, 0) is 37.3 Å². The number of benzene rings is 2. The minimum atomic E-state index is -0.405. The molecule has 0 aliphatic heterocycles. The zero-order chi connectivity index (χ0) is 20.4. The van der Waals surface area contributed by atoms with Crippen LogP contribution in [0.5, 0.6) is 5.75 Å². The molecule has 2 aromatic heterocycles. The summed E-state index contributed by atoms with van der Waals surface area (Å²) in [4.78, 5) is 33.9. The van der Waals surface area contributed by atoms with Crippen molar-refractivity contribution in [2.45, 2.75) is 13.5 Å². The lowest BCUT2D eigenvalue weighted by Crippen LogP contribution is -2.23. The van der Waals surface area contributed by atoms with E-state index in [1.807, 2.05) is 12.1 Å². The van der Waals surface area contributed by atoms with Crippen LogP contribution in [0.2, 0.25) is 0 Å². The Balaban J connectivity index is 1.84. The molecule has 2 heterocycles. The topological polar surface area (TPSA) is 82.8 Å². The van der Waals surface area contributed by atoms with Crippen molar-refractivity contribution in [3.8, 4) is 5.75 Å². The Hall–Kier alpha value is -3.04. The number of nitrogens with zero attached hydrogens (tertiary/aromatic N) is 3. The number of fused-ring (bicyclic) bond motifs is 2. The third-order valence-corrected chi connectivity index (χ3v) is 6.09. The molecule has 1 amide bonds. The molecule has 0 saturated carbocycles. The van der Waals surface area contributed by atoms with Crippen molar-refractivity contribution in [3.05, 3.63) is 52.3 Å². The quantitative estimate of drug-likeness (QED) is 0.454. The van der Waals surface area contributed by atoms with E-state index in [0.29, 0.717) is 21.6 Å². The molecular formula is C20H17N3O4S2. The van der Waals surface area contributed by atoms with Gasteiger partial charge in [-0.1, -0.05) is 17.4 Å². The molecule has 0 saturated heterocycles. The summed E-state index contributed by atoms with van der Waals surface area (Å²) in [6, 6.07) is 10.8. The van der Waals surface area contributed by atoms with Crippen LogP contribution in [-0.4, -0.2) is 35.1 Å². The highest BCUT2D eigenvalue weighted by Crippen LogP contribution is 2.27. The summed E-state index contributed by atoms with van der Waals surface area (Å²) in [6.45, 7) is 1.96. The fourth-order valence-corrected chi connectivity index (χ4v) is 4.73. The molecule has 4 aromatic rings. The van der Waals surface area contributed by atoms with Crippen molar-refractivity contribution >= 4 is 55.0 Å². The summed E-state index contributed by atoms with van der Waals surface area (Å²) in [5.74, 6) is -0.190. The molecular weight excluding hydrogens is 410 g/mol. The molecule has 0 atom stereocenters. The first-order valence-electron chi connectivity index (χ1n) is 8.85. The fourth-order valence-electron chi connectivity index (χ4n) is 2.97. The molecule has 0 unspecified atom stereocenters. The number of carbonyl (C=O) groups is 2. The Labute approximate surface area is 173 Å². The van der Waals surface area contributed by atoms with E-state index >= 15 is 0 Å². The summed E-state index contributed by atoms with van der Waals surface area (Å²) in [5, 5.41) is 0. The summed E-state index contributed by atoms with van der Waals surface area (Å²) in [5.41, 5.74) is 3.75. The minimum absolute atomic E-state index is 0.0613. The first kappa shape index (κ1) is 19.3. The third-order valence-electron chi connectivity index (χ3n) is 4.25. The Kier molecular flexibility index (Phi) is 5.41. The van der Waals surface area contributed by atoms with Gasteiger partial charge >= 0.3 is 5.97 Å². The molecule has 4 rings (SSSR count). The number of thiazole rings is 2. The van der Waals surface area contributed by atoms with Crippen LogP contribution in [-0.2, 0) is 16.1 Å². The summed E-state index contributed by atoms with van der Waals surface area (Å²) in [6.07, 6.45) is 0. The number of aromatic nitrogens is 2. The number of carbonyl (C=O) groups excluding carboxylic acids is 2. The second-order valence-corrected chi connectivity index (χ2v) is 7.93. The van der Waals surface area contributed by atoms with Crippen LogP contribution < -0.4 is 9.54 Å². The van der Waals surface area contributed by atoms with Crippen molar-refractivity contribution in [2.75, 3.05) is 13.7 Å². The Morgan fingerprint density at radius 2 is 2.07 bits per heavy atom. The van der Waals surface area contributed by atoms with E-state index in [2.05, 4.69) is 9.98 Å². The smallest absolute Gasteiger partial charge is 0.326 e. The second kappa shape index (κ2) is 8.14. The van der Waals surface area contributed by atoms with Crippen LogP contribution in [0.4, 0.5) is 0 Å². The van der Waals surface area contributed by atoms with Gasteiger partial charge in [0.1, 0.15) is 17.8 Å². The predicted octanol–water partition coefficient (Wildman–Crippen LogP) is 3.63. The minimum Gasteiger partial charge on any atom is -0.495 e. The van der Waals surface area contributed by atoms with E-state index in [-0.39, 0.29) is 19.1 Å². The number of esters is 1. The zero-order valence-corrected chi connectivity index (χ0v) is 17.4. The lowest BCUT2D eigenvalue weighted by atomic mass is 10.2. The highest BCUT2D eigenvalue weighted by atomic mass is 32.1. The summed E-state index contributed by atoms with van der Waals surface area (Å²) >= 11 is 2.79. The van der Waals surface area contributed by atoms with Crippen molar-refractivity contribution in [1.29, 1.82) is 0 Å². The monoisotopic (exact) mass is 427 g/mol. The maximum Gasteiger partial charge on any atom is 0.326 e. The predicted molar refractivity (Wildman–Crippen MR) is 113 cm³/mol. The Morgan fingerprint density at radius 3 is 2.86 bits per heavy atom. The average molecular weight is 428 g/mol. The van der Waals surface area contributed by atoms with E-state index in [0.717, 1.165) is 14.9 Å². The van der Waals surface area contributed by atoms with Gasteiger partial charge < -0.3 is 14.0 Å². The number of para-hydroxylation sites is 1. The largest absolute Gasteiger partial charge is 0.495 e. The molecule has 0 aliphatic rings. The van der Waals surface area contributed by atoms with Crippen LogP contribution in [0, 0.1) is 0 Å². The van der Waals surface area contributed by atoms with Crippen molar-refractivity contribution in [3.63, 3.8) is 0 Å². The van der Waals surface area contributed by atoms with Crippen LogP contribution in [0.1, 0.15) is 17.3 Å². The number of ether oxygens (including phenoxy) is 2. The summed E-state index contributed by atoms with van der Waals surface area (Å²) < 4.78 is 14.0. The van der Waals surface area contributed by atoms with Gasteiger partial charge in [0.2, 0.25) is 0 Å². The molecule has 148 valence electrons. The van der Waals surface area contributed by atoms with Gasteiger partial charge in [-0.3, -0.25) is 9.59 Å². The van der Waals surface area contributed by atoms with Crippen LogP contribution in [0.15, 0.2) is 46.9 Å². The molecule has 0 aliphatic carbocycles. The third kappa shape index (κ3) is 3.79. The van der Waals surface area contributed by atoms with Gasteiger partial charge in [-0.25, -0.2) is 4.98 Å².